The summed E-state index contributed by atoms with van der Waals surface area (Å²) < 4.78 is 5.01. The molecular formula is C11H21NO2. The first kappa shape index (κ1) is 11.5. The summed E-state index contributed by atoms with van der Waals surface area (Å²) in [5, 5.41) is 0. The molecule has 1 fully saturated rings. The molecule has 0 unspecified atom stereocenters. The molecule has 1 saturated carbocycles. The van der Waals surface area contributed by atoms with Crippen LogP contribution in [0.1, 0.15) is 39.5 Å². The van der Waals surface area contributed by atoms with Crippen LogP contribution in [0.5, 0.6) is 0 Å². The van der Waals surface area contributed by atoms with Crippen LogP contribution in [0.15, 0.2) is 0 Å². The summed E-state index contributed by atoms with van der Waals surface area (Å²) in [6, 6.07) is 0.262. The molecule has 1 aliphatic rings. The number of hydrogen-bond donors (Lipinski definition) is 1. The molecule has 0 aromatic heterocycles. The van der Waals surface area contributed by atoms with E-state index in [2.05, 4.69) is 6.92 Å². The highest BCUT2D eigenvalue weighted by Gasteiger charge is 2.28. The van der Waals surface area contributed by atoms with E-state index < -0.39 is 0 Å². The van der Waals surface area contributed by atoms with Crippen LogP contribution in [-0.2, 0) is 9.53 Å². The molecular weight excluding hydrogens is 178 g/mol. The Kier molecular flexibility index (Phi) is 4.39. The van der Waals surface area contributed by atoms with Gasteiger partial charge < -0.3 is 10.5 Å². The topological polar surface area (TPSA) is 52.3 Å². The van der Waals surface area contributed by atoms with Crippen LogP contribution >= 0.6 is 0 Å². The largest absolute Gasteiger partial charge is 0.466 e. The van der Waals surface area contributed by atoms with Crippen molar-refractivity contribution in [1.29, 1.82) is 0 Å². The predicted octanol–water partition coefficient (Wildman–Crippen LogP) is 1.70. The van der Waals surface area contributed by atoms with Crippen LogP contribution < -0.4 is 5.73 Å². The zero-order valence-electron chi connectivity index (χ0n) is 9.16. The van der Waals surface area contributed by atoms with Gasteiger partial charge in [0.2, 0.25) is 0 Å². The monoisotopic (exact) mass is 199 g/mol. The van der Waals surface area contributed by atoms with Gasteiger partial charge in [-0.25, -0.2) is 0 Å². The molecule has 82 valence electrons. The second-order valence-corrected chi connectivity index (χ2v) is 4.22. The van der Waals surface area contributed by atoms with Gasteiger partial charge >= 0.3 is 5.97 Å². The fourth-order valence-electron chi connectivity index (χ4n) is 2.14. The summed E-state index contributed by atoms with van der Waals surface area (Å²) >= 11 is 0. The molecule has 0 saturated heterocycles. The average Bonchev–Trinajstić information content (AvgIpc) is 2.18. The fourth-order valence-corrected chi connectivity index (χ4v) is 2.14. The average molecular weight is 199 g/mol. The molecule has 3 nitrogen and oxygen atoms in total. The van der Waals surface area contributed by atoms with Gasteiger partial charge in [-0.3, -0.25) is 4.79 Å². The van der Waals surface area contributed by atoms with Crippen molar-refractivity contribution in [3.63, 3.8) is 0 Å². The molecule has 0 spiro atoms. The van der Waals surface area contributed by atoms with Gasteiger partial charge in [0.05, 0.1) is 12.5 Å². The molecule has 0 aliphatic heterocycles. The molecule has 1 atom stereocenters. The zero-order chi connectivity index (χ0) is 10.6. The van der Waals surface area contributed by atoms with Crippen LogP contribution in [0.3, 0.4) is 0 Å². The lowest BCUT2D eigenvalue weighted by Crippen LogP contribution is -2.32. The van der Waals surface area contributed by atoms with E-state index in [9.17, 15) is 4.79 Å². The van der Waals surface area contributed by atoms with E-state index >= 15 is 0 Å². The number of nitrogens with two attached hydrogens (primary N) is 1. The summed E-state index contributed by atoms with van der Waals surface area (Å²) in [7, 11) is 0. The minimum Gasteiger partial charge on any atom is -0.466 e. The Morgan fingerprint density at radius 3 is 2.43 bits per heavy atom. The summed E-state index contributed by atoms with van der Waals surface area (Å²) in [6.45, 7) is 4.40. The third kappa shape index (κ3) is 2.98. The lowest BCUT2D eigenvalue weighted by molar-refractivity contribution is -0.149. The van der Waals surface area contributed by atoms with Crippen LogP contribution in [0.2, 0.25) is 0 Å². The van der Waals surface area contributed by atoms with E-state index in [0.29, 0.717) is 12.5 Å². The van der Waals surface area contributed by atoms with Crippen molar-refractivity contribution in [2.45, 2.75) is 45.6 Å². The molecule has 0 amide bonds. The lowest BCUT2D eigenvalue weighted by Gasteiger charge is -2.29. The maximum Gasteiger partial charge on any atom is 0.308 e. The van der Waals surface area contributed by atoms with Crippen LogP contribution in [0.4, 0.5) is 0 Å². The highest BCUT2D eigenvalue weighted by molar-refractivity contribution is 5.72. The second-order valence-electron chi connectivity index (χ2n) is 4.22. The molecule has 0 aromatic carbocycles. The normalized spacial score (nSPS) is 29.6. The summed E-state index contributed by atoms with van der Waals surface area (Å²) in [6.07, 6.45) is 4.04. The van der Waals surface area contributed by atoms with E-state index in [1.165, 1.54) is 0 Å². The second kappa shape index (κ2) is 5.35. The number of carbonyl (C=O) groups excluding carboxylic acids is 1. The Morgan fingerprint density at radius 1 is 1.43 bits per heavy atom. The van der Waals surface area contributed by atoms with Gasteiger partial charge in [0.15, 0.2) is 0 Å². The Hall–Kier alpha value is -0.570. The van der Waals surface area contributed by atoms with Gasteiger partial charge in [0.25, 0.3) is 0 Å². The third-order valence-corrected chi connectivity index (χ3v) is 3.14. The molecule has 1 aliphatic carbocycles. The Bertz CT molecular complexity index is 184. The molecule has 0 aromatic rings. The summed E-state index contributed by atoms with van der Waals surface area (Å²) in [4.78, 5) is 11.4. The predicted molar refractivity (Wildman–Crippen MR) is 55.7 cm³/mol. The quantitative estimate of drug-likeness (QED) is 0.704. The Labute approximate surface area is 86.0 Å². The van der Waals surface area contributed by atoms with Crippen LogP contribution in [0, 0.1) is 11.8 Å². The number of ether oxygens (including phenoxy) is 1. The van der Waals surface area contributed by atoms with Crippen molar-refractivity contribution < 1.29 is 9.53 Å². The maximum absolute atomic E-state index is 11.4. The van der Waals surface area contributed by atoms with E-state index in [1.807, 2.05) is 6.92 Å². The Balaban J connectivity index is 2.31. The zero-order valence-corrected chi connectivity index (χ0v) is 9.16. The van der Waals surface area contributed by atoms with Gasteiger partial charge in [-0.05, 0) is 45.4 Å². The van der Waals surface area contributed by atoms with Crippen molar-refractivity contribution in [1.82, 2.24) is 0 Å². The number of carbonyl (C=O) groups is 1. The van der Waals surface area contributed by atoms with Gasteiger partial charge in [-0.2, -0.15) is 0 Å². The molecule has 14 heavy (non-hydrogen) atoms. The van der Waals surface area contributed by atoms with Gasteiger partial charge in [0, 0.05) is 6.04 Å². The smallest absolute Gasteiger partial charge is 0.308 e. The van der Waals surface area contributed by atoms with E-state index in [-0.39, 0.29) is 17.9 Å². The SMILES string of the molecule is CCOC(=O)C1CCC([C@@H](C)N)CC1. The molecule has 1 rings (SSSR count). The molecule has 0 radical (unpaired) electrons. The summed E-state index contributed by atoms with van der Waals surface area (Å²) in [5.74, 6) is 0.709. The molecule has 3 heteroatoms. The Morgan fingerprint density at radius 2 is 2.00 bits per heavy atom. The molecule has 0 heterocycles. The van der Waals surface area contributed by atoms with Crippen molar-refractivity contribution in [2.75, 3.05) is 6.61 Å². The first-order chi connectivity index (χ1) is 6.65. The van der Waals surface area contributed by atoms with E-state index in [4.69, 9.17) is 10.5 Å². The fraction of sp³-hybridized carbons (Fsp3) is 0.909. The van der Waals surface area contributed by atoms with Crippen molar-refractivity contribution in [3.8, 4) is 0 Å². The summed E-state index contributed by atoms with van der Waals surface area (Å²) in [5.41, 5.74) is 5.83. The van der Waals surface area contributed by atoms with Crippen molar-refractivity contribution in [3.05, 3.63) is 0 Å². The lowest BCUT2D eigenvalue weighted by atomic mass is 9.79. The first-order valence-corrected chi connectivity index (χ1v) is 5.57. The minimum atomic E-state index is -0.0179. The van der Waals surface area contributed by atoms with E-state index in [0.717, 1.165) is 25.7 Å². The van der Waals surface area contributed by atoms with Gasteiger partial charge in [0.1, 0.15) is 0 Å². The molecule has 2 N–H and O–H groups in total. The number of rotatable bonds is 3. The van der Waals surface area contributed by atoms with Crippen LogP contribution in [-0.4, -0.2) is 18.6 Å². The van der Waals surface area contributed by atoms with Crippen molar-refractivity contribution in [2.24, 2.45) is 17.6 Å². The maximum atomic E-state index is 11.4. The number of hydrogen-bond acceptors (Lipinski definition) is 3. The first-order valence-electron chi connectivity index (χ1n) is 5.57. The minimum absolute atomic E-state index is 0.0179. The molecule has 0 bridgehead atoms. The third-order valence-electron chi connectivity index (χ3n) is 3.14. The van der Waals surface area contributed by atoms with Gasteiger partial charge in [-0.15, -0.1) is 0 Å². The highest BCUT2D eigenvalue weighted by Crippen LogP contribution is 2.30. The van der Waals surface area contributed by atoms with E-state index in [1.54, 1.807) is 0 Å². The van der Waals surface area contributed by atoms with Gasteiger partial charge in [-0.1, -0.05) is 0 Å². The number of esters is 1. The standard InChI is InChI=1S/C11H21NO2/c1-3-14-11(13)10-6-4-9(5-7-10)8(2)12/h8-10H,3-7,12H2,1-2H3/t8-,9?,10?/m1/s1. The van der Waals surface area contributed by atoms with Crippen LogP contribution in [0.25, 0.3) is 0 Å². The highest BCUT2D eigenvalue weighted by atomic mass is 16.5. The van der Waals surface area contributed by atoms with Crippen molar-refractivity contribution >= 4 is 5.97 Å².